The Labute approximate surface area is 193 Å². The highest BCUT2D eigenvalue weighted by Crippen LogP contribution is 2.20. The van der Waals surface area contributed by atoms with E-state index < -0.39 is 45.1 Å². The number of carbonyl (C=O) groups excluding carboxylic acids is 4. The number of amides is 2. The number of ether oxygens (including phenoxy) is 2. The van der Waals surface area contributed by atoms with E-state index in [9.17, 15) is 27.6 Å². The Balaban J connectivity index is 1.90. The van der Waals surface area contributed by atoms with Crippen LogP contribution in [-0.2, 0) is 40.2 Å². The van der Waals surface area contributed by atoms with Crippen molar-refractivity contribution in [1.82, 2.24) is 9.47 Å². The van der Waals surface area contributed by atoms with Crippen LogP contribution >= 0.6 is 11.3 Å². The summed E-state index contributed by atoms with van der Waals surface area (Å²) in [5.74, 6) is -4.36. The molecule has 0 radical (unpaired) electrons. The first kappa shape index (κ1) is 24.6. The molecule has 1 fully saturated rings. The van der Waals surface area contributed by atoms with E-state index in [0.717, 1.165) is 24.2 Å². The molecule has 0 N–H and O–H groups in total. The number of aromatic nitrogens is 1. The normalized spacial score (nSPS) is 14.5. The summed E-state index contributed by atoms with van der Waals surface area (Å²) < 4.78 is 36.1. The van der Waals surface area contributed by atoms with Crippen molar-refractivity contribution in [2.24, 2.45) is 4.99 Å². The third kappa shape index (κ3) is 6.05. The van der Waals surface area contributed by atoms with Gasteiger partial charge in [-0.15, -0.1) is 0 Å². The van der Waals surface area contributed by atoms with E-state index in [1.54, 1.807) is 6.07 Å². The third-order valence-corrected chi connectivity index (χ3v) is 7.40. The molecule has 2 amide bonds. The predicted molar refractivity (Wildman–Crippen MR) is 118 cm³/mol. The highest BCUT2D eigenvalue weighted by Gasteiger charge is 2.26. The molecule has 0 aliphatic carbocycles. The maximum absolute atomic E-state index is 12.5. The number of rotatable bonds is 7. The van der Waals surface area contributed by atoms with Gasteiger partial charge in [0.15, 0.2) is 14.6 Å². The van der Waals surface area contributed by atoms with E-state index in [1.165, 1.54) is 35.8 Å². The molecular weight excluding hydrogens is 474 g/mol. The van der Waals surface area contributed by atoms with Crippen LogP contribution in [0.2, 0.25) is 0 Å². The van der Waals surface area contributed by atoms with E-state index >= 15 is 0 Å². The van der Waals surface area contributed by atoms with Crippen molar-refractivity contribution >= 4 is 55.1 Å². The van der Waals surface area contributed by atoms with E-state index in [-0.39, 0.29) is 16.9 Å². The second-order valence-electron chi connectivity index (χ2n) is 7.35. The monoisotopic (exact) mass is 497 g/mol. The van der Waals surface area contributed by atoms with Gasteiger partial charge < -0.3 is 18.9 Å². The summed E-state index contributed by atoms with van der Waals surface area (Å²) in [4.78, 5) is 53.7. The van der Waals surface area contributed by atoms with Gasteiger partial charge in [0.2, 0.25) is 5.91 Å². The van der Waals surface area contributed by atoms with E-state index in [2.05, 4.69) is 4.99 Å². The summed E-state index contributed by atoms with van der Waals surface area (Å²) in [7, 11) is -1.57. The Kier molecular flexibility index (Phi) is 7.64. The van der Waals surface area contributed by atoms with Crippen LogP contribution < -0.4 is 4.80 Å². The van der Waals surface area contributed by atoms with Crippen LogP contribution in [0.3, 0.4) is 0 Å². The summed E-state index contributed by atoms with van der Waals surface area (Å²) >= 11 is 0.997. The molecule has 1 saturated heterocycles. The largest absolute Gasteiger partial charge is 0.468 e. The number of methoxy groups -OCH3 is 2. The molecule has 1 aromatic carbocycles. The predicted octanol–water partition coefficient (Wildman–Crippen LogP) is 0.127. The summed E-state index contributed by atoms with van der Waals surface area (Å²) in [6.07, 6.45) is 1.65. The molecule has 13 heteroatoms. The standard InChI is InChI=1S/C20H23N3O8S2/c1-30-18(26)10-23-14-6-5-13(19(27)31-2)9-15(14)32-20(23)21-16(24)11-33(28,29)12-17(25)22-7-3-4-8-22/h5-6,9H,3-4,7-8,10-12H2,1-2H3. The van der Waals surface area contributed by atoms with Gasteiger partial charge in [0.05, 0.1) is 30.0 Å². The van der Waals surface area contributed by atoms with Crippen LogP contribution in [0.25, 0.3) is 10.2 Å². The van der Waals surface area contributed by atoms with Gasteiger partial charge in [-0.1, -0.05) is 11.3 Å². The average Bonchev–Trinajstić information content (AvgIpc) is 3.40. The molecule has 0 unspecified atom stereocenters. The molecule has 0 bridgehead atoms. The zero-order valence-corrected chi connectivity index (χ0v) is 19.7. The first-order valence-corrected chi connectivity index (χ1v) is 12.6. The lowest BCUT2D eigenvalue weighted by atomic mass is 10.2. The minimum Gasteiger partial charge on any atom is -0.468 e. The number of hydrogen-bond acceptors (Lipinski definition) is 9. The van der Waals surface area contributed by atoms with Gasteiger partial charge in [0, 0.05) is 13.1 Å². The van der Waals surface area contributed by atoms with Crippen LogP contribution in [0, 0.1) is 0 Å². The van der Waals surface area contributed by atoms with Gasteiger partial charge in [0.1, 0.15) is 18.1 Å². The number of hydrogen-bond donors (Lipinski definition) is 0. The lowest BCUT2D eigenvalue weighted by molar-refractivity contribution is -0.141. The fourth-order valence-corrected chi connectivity index (χ4v) is 5.56. The van der Waals surface area contributed by atoms with Crippen LogP contribution in [-0.4, -0.2) is 80.5 Å². The number of fused-ring (bicyclic) bond motifs is 1. The maximum Gasteiger partial charge on any atom is 0.337 e. The van der Waals surface area contributed by atoms with Crippen molar-refractivity contribution < 1.29 is 37.1 Å². The van der Waals surface area contributed by atoms with Gasteiger partial charge in [-0.05, 0) is 31.0 Å². The molecule has 2 heterocycles. The highest BCUT2D eigenvalue weighted by molar-refractivity contribution is 7.92. The van der Waals surface area contributed by atoms with Gasteiger partial charge in [0.25, 0.3) is 5.91 Å². The first-order chi connectivity index (χ1) is 15.6. The SMILES string of the molecule is COC(=O)Cn1c(=NC(=O)CS(=O)(=O)CC(=O)N2CCCC2)sc2cc(C(=O)OC)ccc21. The van der Waals surface area contributed by atoms with Gasteiger partial charge in [-0.25, -0.2) is 13.2 Å². The number of benzene rings is 1. The fraction of sp³-hybridized carbons (Fsp3) is 0.450. The van der Waals surface area contributed by atoms with E-state index in [0.29, 0.717) is 23.3 Å². The number of sulfone groups is 1. The summed E-state index contributed by atoms with van der Waals surface area (Å²) in [6, 6.07) is 4.58. The molecule has 1 aliphatic heterocycles. The highest BCUT2D eigenvalue weighted by atomic mass is 32.2. The molecule has 1 aromatic heterocycles. The molecular formula is C20H23N3O8S2. The van der Waals surface area contributed by atoms with Gasteiger partial charge >= 0.3 is 11.9 Å². The van der Waals surface area contributed by atoms with E-state index in [4.69, 9.17) is 9.47 Å². The number of esters is 2. The molecule has 2 aromatic rings. The zero-order chi connectivity index (χ0) is 24.2. The van der Waals surface area contributed by atoms with Gasteiger partial charge in [-0.2, -0.15) is 4.99 Å². The number of carbonyl (C=O) groups is 4. The number of nitrogens with zero attached hydrogens (tertiary/aromatic N) is 3. The zero-order valence-electron chi connectivity index (χ0n) is 18.1. The molecule has 0 spiro atoms. The maximum atomic E-state index is 12.5. The van der Waals surface area contributed by atoms with Crippen LogP contribution in [0.4, 0.5) is 0 Å². The molecule has 0 atom stereocenters. The quantitative estimate of drug-likeness (QED) is 0.492. The Morgan fingerprint density at radius 2 is 1.76 bits per heavy atom. The molecule has 11 nitrogen and oxygen atoms in total. The second-order valence-corrected chi connectivity index (χ2v) is 10.4. The minimum atomic E-state index is -4.02. The van der Waals surface area contributed by atoms with Crippen molar-refractivity contribution in [2.75, 3.05) is 38.8 Å². The van der Waals surface area contributed by atoms with Crippen molar-refractivity contribution in [1.29, 1.82) is 0 Å². The average molecular weight is 498 g/mol. The number of thiazole rings is 1. The summed E-state index contributed by atoms with van der Waals surface area (Å²) in [5.41, 5.74) is 0.758. The summed E-state index contributed by atoms with van der Waals surface area (Å²) in [5, 5.41) is 0. The summed E-state index contributed by atoms with van der Waals surface area (Å²) in [6.45, 7) is 0.742. The molecule has 3 rings (SSSR count). The smallest absolute Gasteiger partial charge is 0.337 e. The van der Waals surface area contributed by atoms with Crippen molar-refractivity contribution in [3.63, 3.8) is 0 Å². The third-order valence-electron chi connectivity index (χ3n) is 4.98. The molecule has 0 saturated carbocycles. The van der Waals surface area contributed by atoms with Crippen molar-refractivity contribution in [2.45, 2.75) is 19.4 Å². The lowest BCUT2D eigenvalue weighted by Crippen LogP contribution is -2.35. The molecule has 33 heavy (non-hydrogen) atoms. The molecule has 1 aliphatic rings. The van der Waals surface area contributed by atoms with Gasteiger partial charge in [-0.3, -0.25) is 14.4 Å². The lowest BCUT2D eigenvalue weighted by Gasteiger charge is -2.14. The van der Waals surface area contributed by atoms with Crippen molar-refractivity contribution in [3.8, 4) is 0 Å². The molecule has 178 valence electrons. The van der Waals surface area contributed by atoms with Crippen LogP contribution in [0.15, 0.2) is 23.2 Å². The van der Waals surface area contributed by atoms with Crippen molar-refractivity contribution in [3.05, 3.63) is 28.6 Å². The second kappa shape index (κ2) is 10.3. The topological polar surface area (TPSA) is 141 Å². The Morgan fingerprint density at radius 3 is 2.39 bits per heavy atom. The minimum absolute atomic E-state index is 0.0588. The number of likely N-dealkylation sites (tertiary alicyclic amines) is 1. The van der Waals surface area contributed by atoms with Crippen LogP contribution in [0.5, 0.6) is 0 Å². The van der Waals surface area contributed by atoms with Crippen LogP contribution in [0.1, 0.15) is 23.2 Å². The fourth-order valence-electron chi connectivity index (χ4n) is 3.37. The first-order valence-electron chi connectivity index (χ1n) is 9.98. The Hall–Kier alpha value is -3.06. The van der Waals surface area contributed by atoms with E-state index in [1.807, 2.05) is 0 Å². The Bertz CT molecular complexity index is 1270. The Morgan fingerprint density at radius 1 is 1.06 bits per heavy atom.